The van der Waals surface area contributed by atoms with Crippen molar-refractivity contribution in [3.8, 4) is 5.75 Å². The summed E-state index contributed by atoms with van der Waals surface area (Å²) in [7, 11) is 1.76. The molecule has 1 saturated heterocycles. The van der Waals surface area contributed by atoms with E-state index in [-0.39, 0.29) is 17.7 Å². The van der Waals surface area contributed by atoms with Crippen LogP contribution in [0.15, 0.2) is 29.3 Å². The molecule has 1 aromatic rings. The molecule has 8 heteroatoms. The molecular weight excluding hydrogens is 369 g/mol. The number of para-hydroxylation sites is 1. The Hall–Kier alpha value is -1.96. The van der Waals surface area contributed by atoms with Gasteiger partial charge in [0.2, 0.25) is 0 Å². The molecular formula is C20H29F3N4O. The number of benzene rings is 1. The highest BCUT2D eigenvalue weighted by Crippen LogP contribution is 2.45. The first-order chi connectivity index (χ1) is 13.4. The van der Waals surface area contributed by atoms with Gasteiger partial charge >= 0.3 is 6.36 Å². The molecule has 1 aliphatic carbocycles. The molecule has 0 spiro atoms. The molecule has 1 heterocycles. The van der Waals surface area contributed by atoms with Crippen LogP contribution in [0.3, 0.4) is 0 Å². The zero-order valence-corrected chi connectivity index (χ0v) is 16.7. The summed E-state index contributed by atoms with van der Waals surface area (Å²) in [4.78, 5) is 9.11. The van der Waals surface area contributed by atoms with Gasteiger partial charge in [0.15, 0.2) is 5.96 Å². The fraction of sp³-hybridized carbons (Fsp3) is 0.650. The van der Waals surface area contributed by atoms with E-state index < -0.39 is 6.36 Å². The summed E-state index contributed by atoms with van der Waals surface area (Å²) in [5, 5.41) is 3.44. The van der Waals surface area contributed by atoms with E-state index in [1.807, 2.05) is 0 Å². The summed E-state index contributed by atoms with van der Waals surface area (Å²) in [6.07, 6.45) is -2.82. The van der Waals surface area contributed by atoms with Gasteiger partial charge in [-0.3, -0.25) is 9.89 Å². The number of likely N-dealkylation sites (N-methyl/N-ethyl adjacent to an activating group) is 1. The molecule has 2 fully saturated rings. The van der Waals surface area contributed by atoms with E-state index in [9.17, 15) is 13.2 Å². The van der Waals surface area contributed by atoms with Crippen LogP contribution in [0.25, 0.3) is 0 Å². The fourth-order valence-corrected chi connectivity index (χ4v) is 4.14. The number of guanidine groups is 1. The third-order valence-corrected chi connectivity index (χ3v) is 5.65. The number of nitrogens with zero attached hydrogens (tertiary/aromatic N) is 3. The SMILES string of the molecule is CCN(CC)C1CCN(C(=NC)NC2CC2c2ccccc2OC(F)(F)F)C1. The molecule has 3 unspecified atom stereocenters. The van der Waals surface area contributed by atoms with Crippen LogP contribution in [-0.2, 0) is 0 Å². The Morgan fingerprint density at radius 2 is 2.00 bits per heavy atom. The number of alkyl halides is 3. The van der Waals surface area contributed by atoms with E-state index >= 15 is 0 Å². The lowest BCUT2D eigenvalue weighted by atomic mass is 10.1. The summed E-state index contributed by atoms with van der Waals surface area (Å²) in [5.41, 5.74) is 0.593. The third-order valence-electron chi connectivity index (χ3n) is 5.65. The first-order valence-electron chi connectivity index (χ1n) is 9.93. The minimum Gasteiger partial charge on any atom is -0.405 e. The van der Waals surface area contributed by atoms with Gasteiger partial charge in [-0.15, -0.1) is 13.2 Å². The second-order valence-corrected chi connectivity index (χ2v) is 7.34. The lowest BCUT2D eigenvalue weighted by Gasteiger charge is -2.27. The topological polar surface area (TPSA) is 40.1 Å². The molecule has 1 aromatic carbocycles. The number of aliphatic imine (C=N–C) groups is 1. The number of hydrogen-bond donors (Lipinski definition) is 1. The highest BCUT2D eigenvalue weighted by molar-refractivity contribution is 5.81. The first-order valence-corrected chi connectivity index (χ1v) is 9.93. The predicted molar refractivity (Wildman–Crippen MR) is 104 cm³/mol. The maximum atomic E-state index is 12.7. The van der Waals surface area contributed by atoms with Crippen LogP contribution in [0.5, 0.6) is 5.75 Å². The highest BCUT2D eigenvalue weighted by Gasteiger charge is 2.43. The Labute approximate surface area is 164 Å². The van der Waals surface area contributed by atoms with E-state index in [1.165, 1.54) is 6.07 Å². The molecule has 1 aliphatic heterocycles. The van der Waals surface area contributed by atoms with Crippen LogP contribution in [0.2, 0.25) is 0 Å². The van der Waals surface area contributed by atoms with Gasteiger partial charge in [0.1, 0.15) is 5.75 Å². The molecule has 3 rings (SSSR count). The summed E-state index contributed by atoms with van der Waals surface area (Å²) >= 11 is 0. The van der Waals surface area contributed by atoms with Crippen LogP contribution in [0.4, 0.5) is 13.2 Å². The van der Waals surface area contributed by atoms with E-state index in [0.717, 1.165) is 45.0 Å². The maximum absolute atomic E-state index is 12.7. The van der Waals surface area contributed by atoms with E-state index in [0.29, 0.717) is 11.6 Å². The van der Waals surface area contributed by atoms with Crippen molar-refractivity contribution < 1.29 is 17.9 Å². The summed E-state index contributed by atoms with van der Waals surface area (Å²) in [5.74, 6) is 0.718. The fourth-order valence-electron chi connectivity index (χ4n) is 4.14. The Kier molecular flexibility index (Phi) is 6.37. The Morgan fingerprint density at radius 1 is 1.29 bits per heavy atom. The highest BCUT2D eigenvalue weighted by atomic mass is 19.4. The summed E-state index contributed by atoms with van der Waals surface area (Å²) in [6, 6.07) is 6.99. The van der Waals surface area contributed by atoms with Gasteiger partial charge < -0.3 is 15.0 Å². The number of ether oxygens (including phenoxy) is 1. The molecule has 3 atom stereocenters. The minimum absolute atomic E-state index is 0.00326. The lowest BCUT2D eigenvalue weighted by Crippen LogP contribution is -2.44. The Morgan fingerprint density at radius 3 is 2.64 bits per heavy atom. The smallest absolute Gasteiger partial charge is 0.405 e. The van der Waals surface area contributed by atoms with Crippen LogP contribution >= 0.6 is 0 Å². The number of nitrogens with one attached hydrogen (secondary N) is 1. The summed E-state index contributed by atoms with van der Waals surface area (Å²) in [6.45, 7) is 8.27. The maximum Gasteiger partial charge on any atom is 0.573 e. The van der Waals surface area contributed by atoms with E-state index in [1.54, 1.807) is 25.2 Å². The molecule has 28 heavy (non-hydrogen) atoms. The molecule has 1 N–H and O–H groups in total. The Bertz CT molecular complexity index is 690. The van der Waals surface area contributed by atoms with Gasteiger partial charge in [-0.05, 0) is 37.6 Å². The first kappa shape index (κ1) is 20.8. The van der Waals surface area contributed by atoms with Gasteiger partial charge in [0, 0.05) is 38.1 Å². The van der Waals surface area contributed by atoms with Crippen molar-refractivity contribution in [1.82, 2.24) is 15.1 Å². The number of halogens is 3. The van der Waals surface area contributed by atoms with Gasteiger partial charge in [-0.2, -0.15) is 0 Å². The second kappa shape index (κ2) is 8.59. The van der Waals surface area contributed by atoms with E-state index in [4.69, 9.17) is 0 Å². The molecule has 2 aliphatic rings. The standard InChI is InChI=1S/C20H29F3N4O/c1-4-26(5-2)14-10-11-27(13-14)19(24-3)25-17-12-16(17)15-8-6-7-9-18(15)28-20(21,22)23/h6-9,14,16-17H,4-5,10-13H2,1-3H3,(H,24,25). The number of likely N-dealkylation sites (tertiary alicyclic amines) is 1. The normalized spacial score (nSPS) is 25.3. The monoisotopic (exact) mass is 398 g/mol. The van der Waals surface area contributed by atoms with Crippen LogP contribution in [0.1, 0.15) is 38.2 Å². The van der Waals surface area contributed by atoms with Crippen molar-refractivity contribution in [2.75, 3.05) is 33.2 Å². The van der Waals surface area contributed by atoms with Gasteiger partial charge in [0.25, 0.3) is 0 Å². The van der Waals surface area contributed by atoms with Gasteiger partial charge in [0.05, 0.1) is 0 Å². The molecule has 0 radical (unpaired) electrons. The quantitative estimate of drug-likeness (QED) is 0.589. The van der Waals surface area contributed by atoms with Crippen molar-refractivity contribution in [2.24, 2.45) is 4.99 Å². The van der Waals surface area contributed by atoms with Gasteiger partial charge in [-0.1, -0.05) is 32.0 Å². The molecule has 0 bridgehead atoms. The van der Waals surface area contributed by atoms with Crippen LogP contribution in [0, 0.1) is 0 Å². The molecule has 156 valence electrons. The van der Waals surface area contributed by atoms with Crippen molar-refractivity contribution in [1.29, 1.82) is 0 Å². The summed E-state index contributed by atoms with van der Waals surface area (Å²) < 4.78 is 42.2. The van der Waals surface area contributed by atoms with Crippen LogP contribution < -0.4 is 10.1 Å². The zero-order chi connectivity index (χ0) is 20.3. The average Bonchev–Trinajstić information content (AvgIpc) is 3.25. The number of hydrogen-bond acceptors (Lipinski definition) is 3. The third kappa shape index (κ3) is 4.90. The largest absolute Gasteiger partial charge is 0.573 e. The van der Waals surface area contributed by atoms with Crippen LogP contribution in [-0.4, -0.2) is 67.4 Å². The van der Waals surface area contributed by atoms with Crippen molar-refractivity contribution in [3.63, 3.8) is 0 Å². The molecule has 5 nitrogen and oxygen atoms in total. The molecule has 1 saturated carbocycles. The minimum atomic E-state index is -4.68. The van der Waals surface area contributed by atoms with Crippen molar-refractivity contribution in [2.45, 2.75) is 51.1 Å². The van der Waals surface area contributed by atoms with E-state index in [2.05, 4.69) is 38.7 Å². The lowest BCUT2D eigenvalue weighted by molar-refractivity contribution is -0.274. The molecule has 0 amide bonds. The number of rotatable bonds is 6. The second-order valence-electron chi connectivity index (χ2n) is 7.34. The predicted octanol–water partition coefficient (Wildman–Crippen LogP) is 3.43. The zero-order valence-electron chi connectivity index (χ0n) is 16.7. The van der Waals surface area contributed by atoms with Crippen molar-refractivity contribution >= 4 is 5.96 Å². The molecule has 0 aromatic heterocycles. The Balaban J connectivity index is 1.61. The van der Waals surface area contributed by atoms with Crippen molar-refractivity contribution in [3.05, 3.63) is 29.8 Å². The average molecular weight is 398 g/mol. The van der Waals surface area contributed by atoms with Gasteiger partial charge in [-0.25, -0.2) is 0 Å².